The Morgan fingerprint density at radius 2 is 1.94 bits per heavy atom. The zero-order valence-corrected chi connectivity index (χ0v) is 9.27. The lowest BCUT2D eigenvalue weighted by molar-refractivity contribution is -0.137. The normalized spacial score (nSPS) is 11.8. The van der Waals surface area contributed by atoms with Crippen LogP contribution in [-0.4, -0.2) is 13.6 Å². The topological polar surface area (TPSA) is 12.0 Å². The number of unbranched alkanes of at least 4 members (excludes halogenated alkanes) is 1. The summed E-state index contributed by atoms with van der Waals surface area (Å²) in [6, 6.07) is 5.56. The largest absolute Gasteiger partial charge is 0.416 e. The van der Waals surface area contributed by atoms with E-state index in [1.54, 1.807) is 6.07 Å². The predicted octanol–water partition coefficient (Wildman–Crippen LogP) is 3.25. The molecule has 1 rings (SSSR count). The maximum Gasteiger partial charge on any atom is 0.416 e. The monoisotopic (exact) mass is 231 g/mol. The number of hydrogen-bond donors (Lipinski definition) is 1. The molecule has 0 atom stereocenters. The minimum atomic E-state index is -4.24. The van der Waals surface area contributed by atoms with Gasteiger partial charge in [-0.05, 0) is 44.5 Å². The van der Waals surface area contributed by atoms with Gasteiger partial charge in [-0.1, -0.05) is 18.2 Å². The molecule has 0 fully saturated rings. The first-order valence-corrected chi connectivity index (χ1v) is 5.35. The van der Waals surface area contributed by atoms with Gasteiger partial charge in [-0.25, -0.2) is 0 Å². The van der Waals surface area contributed by atoms with Gasteiger partial charge in [0, 0.05) is 0 Å². The molecule has 0 aliphatic rings. The Labute approximate surface area is 93.7 Å². The molecule has 0 aromatic heterocycles. The minimum absolute atomic E-state index is 0.557. The molecule has 0 radical (unpaired) electrons. The summed E-state index contributed by atoms with van der Waals surface area (Å²) in [5.41, 5.74) is 0.199. The molecule has 0 bridgehead atoms. The molecule has 0 aliphatic heterocycles. The quantitative estimate of drug-likeness (QED) is 0.767. The highest BCUT2D eigenvalue weighted by atomic mass is 19.4. The first kappa shape index (κ1) is 13.0. The lowest BCUT2D eigenvalue weighted by atomic mass is 10.1. The molecule has 1 aromatic carbocycles. The lowest BCUT2D eigenvalue weighted by Gasteiger charge is -2.08. The van der Waals surface area contributed by atoms with Gasteiger partial charge in [-0.15, -0.1) is 0 Å². The molecule has 0 saturated carbocycles. The highest BCUT2D eigenvalue weighted by molar-refractivity contribution is 5.25. The van der Waals surface area contributed by atoms with Gasteiger partial charge in [-0.2, -0.15) is 13.2 Å². The number of hydrogen-bond acceptors (Lipinski definition) is 1. The fourth-order valence-electron chi connectivity index (χ4n) is 1.53. The van der Waals surface area contributed by atoms with Crippen molar-refractivity contribution >= 4 is 0 Å². The van der Waals surface area contributed by atoms with Crippen LogP contribution in [0.5, 0.6) is 0 Å². The Hall–Kier alpha value is -1.03. The van der Waals surface area contributed by atoms with Crippen LogP contribution in [0.1, 0.15) is 24.0 Å². The minimum Gasteiger partial charge on any atom is -0.320 e. The van der Waals surface area contributed by atoms with Gasteiger partial charge >= 0.3 is 6.18 Å². The van der Waals surface area contributed by atoms with E-state index in [4.69, 9.17) is 0 Å². The third kappa shape index (κ3) is 4.23. The first-order valence-electron chi connectivity index (χ1n) is 5.35. The summed E-state index contributed by atoms with van der Waals surface area (Å²) >= 11 is 0. The van der Waals surface area contributed by atoms with E-state index in [1.807, 2.05) is 7.05 Å². The van der Waals surface area contributed by atoms with E-state index in [0.717, 1.165) is 31.0 Å². The second kappa shape index (κ2) is 5.89. The summed E-state index contributed by atoms with van der Waals surface area (Å²) in [5.74, 6) is 0. The third-order valence-corrected chi connectivity index (χ3v) is 2.40. The highest BCUT2D eigenvalue weighted by Crippen LogP contribution is 2.29. The Kier molecular flexibility index (Phi) is 4.80. The van der Waals surface area contributed by atoms with Crippen LogP contribution < -0.4 is 5.32 Å². The Bertz CT molecular complexity index is 320. The van der Waals surface area contributed by atoms with E-state index < -0.39 is 11.7 Å². The molecule has 1 aromatic rings. The number of nitrogens with one attached hydrogen (secondary N) is 1. The fourth-order valence-corrected chi connectivity index (χ4v) is 1.53. The van der Waals surface area contributed by atoms with Crippen molar-refractivity contribution in [3.63, 3.8) is 0 Å². The SMILES string of the molecule is CNCCCCc1cccc(C(F)(F)F)c1. The molecule has 0 heterocycles. The summed E-state index contributed by atoms with van der Waals surface area (Å²) in [4.78, 5) is 0. The zero-order chi connectivity index (χ0) is 12.0. The second-order valence-corrected chi connectivity index (χ2v) is 3.76. The lowest BCUT2D eigenvalue weighted by Crippen LogP contribution is -2.08. The van der Waals surface area contributed by atoms with Crippen LogP contribution in [0.25, 0.3) is 0 Å². The van der Waals surface area contributed by atoms with Gasteiger partial charge in [0.05, 0.1) is 5.56 Å². The van der Waals surface area contributed by atoms with Crippen molar-refractivity contribution in [2.24, 2.45) is 0 Å². The summed E-state index contributed by atoms with van der Waals surface area (Å²) in [5, 5.41) is 3.01. The van der Waals surface area contributed by atoms with Gasteiger partial charge in [-0.3, -0.25) is 0 Å². The van der Waals surface area contributed by atoms with E-state index in [-0.39, 0.29) is 0 Å². The van der Waals surface area contributed by atoms with Crippen molar-refractivity contribution in [3.8, 4) is 0 Å². The van der Waals surface area contributed by atoms with E-state index in [2.05, 4.69) is 5.32 Å². The number of alkyl halides is 3. The van der Waals surface area contributed by atoms with Crippen LogP contribution in [0.4, 0.5) is 13.2 Å². The molecule has 4 heteroatoms. The molecule has 0 unspecified atom stereocenters. The molecular formula is C12H16F3N. The van der Waals surface area contributed by atoms with Crippen LogP contribution in [0.3, 0.4) is 0 Å². The van der Waals surface area contributed by atoms with Crippen molar-refractivity contribution < 1.29 is 13.2 Å². The number of aryl methyl sites for hydroxylation is 1. The smallest absolute Gasteiger partial charge is 0.320 e. The molecule has 1 N–H and O–H groups in total. The highest BCUT2D eigenvalue weighted by Gasteiger charge is 2.30. The van der Waals surface area contributed by atoms with Crippen LogP contribution in [0.15, 0.2) is 24.3 Å². The Morgan fingerprint density at radius 1 is 1.19 bits per heavy atom. The van der Waals surface area contributed by atoms with E-state index in [9.17, 15) is 13.2 Å². The number of rotatable bonds is 5. The molecule has 1 nitrogen and oxygen atoms in total. The average Bonchev–Trinajstić information content (AvgIpc) is 2.24. The van der Waals surface area contributed by atoms with Gasteiger partial charge in [0.25, 0.3) is 0 Å². The molecule has 90 valence electrons. The number of benzene rings is 1. The van der Waals surface area contributed by atoms with Crippen molar-refractivity contribution in [2.45, 2.75) is 25.4 Å². The first-order chi connectivity index (χ1) is 7.54. The molecular weight excluding hydrogens is 215 g/mol. The van der Waals surface area contributed by atoms with E-state index in [0.29, 0.717) is 6.42 Å². The van der Waals surface area contributed by atoms with E-state index >= 15 is 0 Å². The molecule has 0 aliphatic carbocycles. The molecule has 16 heavy (non-hydrogen) atoms. The second-order valence-electron chi connectivity index (χ2n) is 3.76. The maximum absolute atomic E-state index is 12.4. The Morgan fingerprint density at radius 3 is 2.56 bits per heavy atom. The van der Waals surface area contributed by atoms with Crippen molar-refractivity contribution in [1.82, 2.24) is 5.32 Å². The predicted molar refractivity (Wildman–Crippen MR) is 58.3 cm³/mol. The summed E-state index contributed by atoms with van der Waals surface area (Å²) in [7, 11) is 1.87. The summed E-state index contributed by atoms with van der Waals surface area (Å²) < 4.78 is 37.2. The van der Waals surface area contributed by atoms with Gasteiger partial charge in [0.1, 0.15) is 0 Å². The maximum atomic E-state index is 12.4. The van der Waals surface area contributed by atoms with Crippen LogP contribution >= 0.6 is 0 Å². The van der Waals surface area contributed by atoms with Crippen molar-refractivity contribution in [1.29, 1.82) is 0 Å². The zero-order valence-electron chi connectivity index (χ0n) is 9.27. The van der Waals surface area contributed by atoms with Crippen LogP contribution in [0, 0.1) is 0 Å². The molecule has 0 saturated heterocycles. The van der Waals surface area contributed by atoms with Gasteiger partial charge < -0.3 is 5.32 Å². The number of halogens is 3. The molecule has 0 spiro atoms. The van der Waals surface area contributed by atoms with E-state index in [1.165, 1.54) is 12.1 Å². The van der Waals surface area contributed by atoms with Gasteiger partial charge in [0.2, 0.25) is 0 Å². The van der Waals surface area contributed by atoms with Crippen LogP contribution in [0.2, 0.25) is 0 Å². The average molecular weight is 231 g/mol. The standard InChI is InChI=1S/C12H16F3N/c1-16-8-3-2-5-10-6-4-7-11(9-10)12(13,14)15/h4,6-7,9,16H,2-3,5,8H2,1H3. The summed E-state index contributed by atoms with van der Waals surface area (Å²) in [6.07, 6.45) is -1.65. The van der Waals surface area contributed by atoms with Crippen LogP contribution in [-0.2, 0) is 12.6 Å². The third-order valence-electron chi connectivity index (χ3n) is 2.40. The fraction of sp³-hybridized carbons (Fsp3) is 0.500. The van der Waals surface area contributed by atoms with Crippen molar-refractivity contribution in [3.05, 3.63) is 35.4 Å². The van der Waals surface area contributed by atoms with Gasteiger partial charge in [0.15, 0.2) is 0 Å². The Balaban J connectivity index is 2.54. The van der Waals surface area contributed by atoms with Crippen molar-refractivity contribution in [2.75, 3.05) is 13.6 Å². The molecule has 0 amide bonds. The summed E-state index contributed by atoms with van der Waals surface area (Å²) in [6.45, 7) is 0.902.